The molecule has 5 nitrogen and oxygen atoms in total. The van der Waals surface area contributed by atoms with Crippen LogP contribution in [0.3, 0.4) is 0 Å². The summed E-state index contributed by atoms with van der Waals surface area (Å²) in [4.78, 5) is 4.17. The van der Waals surface area contributed by atoms with E-state index in [0.717, 1.165) is 31.7 Å². The van der Waals surface area contributed by atoms with Crippen LogP contribution < -0.4 is 5.32 Å². The maximum absolute atomic E-state index is 11.5. The van der Waals surface area contributed by atoms with E-state index >= 15 is 0 Å². The molecule has 0 saturated carbocycles. The SMILES string of the molecule is CC(C)CNCc1cncn1CC1CCS(=O)(=O)C1. The predicted octanol–water partition coefficient (Wildman–Crippen LogP) is 1.06. The molecule has 1 aliphatic rings. The highest BCUT2D eigenvalue weighted by Crippen LogP contribution is 2.20. The van der Waals surface area contributed by atoms with E-state index < -0.39 is 9.84 Å². The Kier molecular flexibility index (Phi) is 4.62. The van der Waals surface area contributed by atoms with Crippen LogP contribution in [0.15, 0.2) is 12.5 Å². The lowest BCUT2D eigenvalue weighted by molar-refractivity contribution is 0.468. The van der Waals surface area contributed by atoms with E-state index in [1.807, 2.05) is 6.20 Å². The van der Waals surface area contributed by atoms with Gasteiger partial charge in [-0.15, -0.1) is 0 Å². The first-order chi connectivity index (χ1) is 8.96. The van der Waals surface area contributed by atoms with Crippen molar-refractivity contribution in [3.8, 4) is 0 Å². The summed E-state index contributed by atoms with van der Waals surface area (Å²) in [5.74, 6) is 1.52. The Balaban J connectivity index is 1.89. The van der Waals surface area contributed by atoms with Crippen molar-refractivity contribution >= 4 is 9.84 Å². The average Bonchev–Trinajstić information content (AvgIpc) is 2.86. The Hall–Kier alpha value is -0.880. The van der Waals surface area contributed by atoms with Gasteiger partial charge in [0.05, 0.1) is 23.5 Å². The summed E-state index contributed by atoms with van der Waals surface area (Å²) in [6, 6.07) is 0. The van der Waals surface area contributed by atoms with Gasteiger partial charge in [-0.1, -0.05) is 13.8 Å². The standard InChI is InChI=1S/C13H23N3O2S/c1-11(2)5-14-6-13-7-15-10-16(13)8-12-3-4-19(17,18)9-12/h7,10-12,14H,3-6,8-9H2,1-2H3. The van der Waals surface area contributed by atoms with Crippen LogP contribution in [0.5, 0.6) is 0 Å². The second kappa shape index (κ2) is 6.05. The van der Waals surface area contributed by atoms with E-state index in [4.69, 9.17) is 0 Å². The maximum Gasteiger partial charge on any atom is 0.150 e. The zero-order chi connectivity index (χ0) is 13.9. The minimum Gasteiger partial charge on any atom is -0.333 e. The number of aromatic nitrogens is 2. The molecule has 0 aliphatic carbocycles. The average molecular weight is 285 g/mol. The normalized spacial score (nSPS) is 22.2. The monoisotopic (exact) mass is 285 g/mol. The van der Waals surface area contributed by atoms with Crippen molar-refractivity contribution in [1.82, 2.24) is 14.9 Å². The molecule has 1 aromatic heterocycles. The number of nitrogens with zero attached hydrogens (tertiary/aromatic N) is 2. The third-order valence-corrected chi connectivity index (χ3v) is 5.28. The summed E-state index contributed by atoms with van der Waals surface area (Å²) in [6.45, 7) is 6.87. The summed E-state index contributed by atoms with van der Waals surface area (Å²) < 4.78 is 25.0. The van der Waals surface area contributed by atoms with Gasteiger partial charge in [0.1, 0.15) is 0 Å². The molecule has 108 valence electrons. The van der Waals surface area contributed by atoms with Crippen molar-refractivity contribution in [2.75, 3.05) is 18.1 Å². The molecule has 0 radical (unpaired) electrons. The topological polar surface area (TPSA) is 64.0 Å². The quantitative estimate of drug-likeness (QED) is 0.849. The zero-order valence-electron chi connectivity index (χ0n) is 11.7. The highest BCUT2D eigenvalue weighted by Gasteiger charge is 2.28. The van der Waals surface area contributed by atoms with Crippen molar-refractivity contribution in [3.63, 3.8) is 0 Å². The van der Waals surface area contributed by atoms with Crippen LogP contribution >= 0.6 is 0 Å². The predicted molar refractivity (Wildman–Crippen MR) is 75.5 cm³/mol. The fourth-order valence-electron chi connectivity index (χ4n) is 2.44. The van der Waals surface area contributed by atoms with Gasteiger partial charge in [-0.2, -0.15) is 0 Å². The lowest BCUT2D eigenvalue weighted by Gasteiger charge is -2.13. The first-order valence-electron chi connectivity index (χ1n) is 6.86. The van der Waals surface area contributed by atoms with E-state index in [9.17, 15) is 8.42 Å². The molecule has 2 heterocycles. The highest BCUT2D eigenvalue weighted by atomic mass is 32.2. The molecule has 19 heavy (non-hydrogen) atoms. The van der Waals surface area contributed by atoms with Gasteiger partial charge in [-0.05, 0) is 24.8 Å². The molecule has 2 rings (SSSR count). The van der Waals surface area contributed by atoms with Gasteiger partial charge in [-0.25, -0.2) is 13.4 Å². The third-order valence-electron chi connectivity index (χ3n) is 3.44. The summed E-state index contributed by atoms with van der Waals surface area (Å²) in [5, 5.41) is 3.39. The first-order valence-corrected chi connectivity index (χ1v) is 8.68. The van der Waals surface area contributed by atoms with E-state index in [1.165, 1.54) is 0 Å². The smallest absolute Gasteiger partial charge is 0.150 e. The zero-order valence-corrected chi connectivity index (χ0v) is 12.5. The van der Waals surface area contributed by atoms with Crippen LogP contribution in [0.1, 0.15) is 26.0 Å². The fourth-order valence-corrected chi connectivity index (χ4v) is 4.29. The second-order valence-electron chi connectivity index (χ2n) is 5.83. The molecule has 0 spiro atoms. The number of hydrogen-bond donors (Lipinski definition) is 1. The van der Waals surface area contributed by atoms with Gasteiger partial charge in [0.25, 0.3) is 0 Å². The molecular weight excluding hydrogens is 262 g/mol. The Labute approximate surface area is 115 Å². The Morgan fingerprint density at radius 1 is 1.53 bits per heavy atom. The Bertz CT molecular complexity index is 508. The molecule has 0 amide bonds. The molecular formula is C13H23N3O2S. The van der Waals surface area contributed by atoms with E-state index in [1.54, 1.807) is 6.33 Å². The molecule has 1 aromatic rings. The number of sulfone groups is 1. The van der Waals surface area contributed by atoms with Crippen LogP contribution in [0, 0.1) is 11.8 Å². The van der Waals surface area contributed by atoms with Crippen molar-refractivity contribution < 1.29 is 8.42 Å². The summed E-state index contributed by atoms with van der Waals surface area (Å²) in [6.07, 6.45) is 4.44. The molecule has 0 bridgehead atoms. The van der Waals surface area contributed by atoms with E-state index in [0.29, 0.717) is 17.4 Å². The molecule has 1 unspecified atom stereocenters. The van der Waals surface area contributed by atoms with Gasteiger partial charge < -0.3 is 9.88 Å². The molecule has 0 aromatic carbocycles. The fraction of sp³-hybridized carbons (Fsp3) is 0.769. The largest absolute Gasteiger partial charge is 0.333 e. The second-order valence-corrected chi connectivity index (χ2v) is 8.06. The highest BCUT2D eigenvalue weighted by molar-refractivity contribution is 7.91. The van der Waals surface area contributed by atoms with E-state index in [2.05, 4.69) is 28.7 Å². The van der Waals surface area contributed by atoms with Gasteiger partial charge >= 0.3 is 0 Å². The van der Waals surface area contributed by atoms with E-state index in [-0.39, 0.29) is 5.92 Å². The van der Waals surface area contributed by atoms with Gasteiger partial charge in [0, 0.05) is 19.3 Å². The lowest BCUT2D eigenvalue weighted by atomic mass is 10.1. The first kappa shape index (κ1) is 14.5. The third kappa shape index (κ3) is 4.31. The number of imidazole rings is 1. The van der Waals surface area contributed by atoms with Crippen LogP contribution in [-0.4, -0.2) is 36.0 Å². The summed E-state index contributed by atoms with van der Waals surface area (Å²) in [7, 11) is -2.79. The van der Waals surface area contributed by atoms with Crippen LogP contribution in [0.4, 0.5) is 0 Å². The van der Waals surface area contributed by atoms with Gasteiger partial charge in [0.2, 0.25) is 0 Å². The number of rotatable bonds is 6. The van der Waals surface area contributed by atoms with Crippen LogP contribution in [0.25, 0.3) is 0 Å². The minimum absolute atomic E-state index is 0.239. The van der Waals surface area contributed by atoms with Crippen LogP contribution in [-0.2, 0) is 22.9 Å². The Morgan fingerprint density at radius 2 is 2.32 bits per heavy atom. The number of hydrogen-bond acceptors (Lipinski definition) is 4. The molecule has 1 aliphatic heterocycles. The van der Waals surface area contributed by atoms with Crippen LogP contribution in [0.2, 0.25) is 0 Å². The van der Waals surface area contributed by atoms with Crippen molar-refractivity contribution in [1.29, 1.82) is 0 Å². The minimum atomic E-state index is -2.79. The molecule has 6 heteroatoms. The summed E-state index contributed by atoms with van der Waals surface area (Å²) >= 11 is 0. The van der Waals surface area contributed by atoms with Crippen molar-refractivity contribution in [2.24, 2.45) is 11.8 Å². The maximum atomic E-state index is 11.5. The number of nitrogens with one attached hydrogen (secondary N) is 1. The van der Waals surface area contributed by atoms with Crippen molar-refractivity contribution in [2.45, 2.75) is 33.4 Å². The molecule has 1 atom stereocenters. The Morgan fingerprint density at radius 3 is 2.95 bits per heavy atom. The molecule has 1 fully saturated rings. The lowest BCUT2D eigenvalue weighted by Crippen LogP contribution is -2.22. The van der Waals surface area contributed by atoms with Crippen molar-refractivity contribution in [3.05, 3.63) is 18.2 Å². The molecule has 1 saturated heterocycles. The van der Waals surface area contributed by atoms with Gasteiger partial charge in [0.15, 0.2) is 9.84 Å². The molecule has 1 N–H and O–H groups in total. The van der Waals surface area contributed by atoms with Gasteiger partial charge in [-0.3, -0.25) is 0 Å². The summed E-state index contributed by atoms with van der Waals surface area (Å²) in [5.41, 5.74) is 1.13.